The number of benzene rings is 3. The lowest BCUT2D eigenvalue weighted by Gasteiger charge is -2.17. The van der Waals surface area contributed by atoms with Gasteiger partial charge in [0.15, 0.2) is 0 Å². The maximum Gasteiger partial charge on any atom is 0.338 e. The highest BCUT2D eigenvalue weighted by atomic mass is 16.5. The average molecular weight is 492 g/mol. The van der Waals surface area contributed by atoms with Crippen molar-refractivity contribution in [3.05, 3.63) is 71.8 Å². The number of hydrogen-bond donors (Lipinski definition) is 2. The van der Waals surface area contributed by atoms with E-state index in [2.05, 4.69) is 29.3 Å². The Kier molecular flexibility index (Phi) is 10.3. The summed E-state index contributed by atoms with van der Waals surface area (Å²) in [6.07, 6.45) is 2.22. The van der Waals surface area contributed by atoms with Crippen molar-refractivity contribution < 1.29 is 19.1 Å². The second kappa shape index (κ2) is 13.6. The number of carbonyl (C=O) groups excluding carboxylic acids is 2. The Morgan fingerprint density at radius 3 is 2.53 bits per heavy atom. The first-order chi connectivity index (χ1) is 17.4. The minimum atomic E-state index is -0.741. The summed E-state index contributed by atoms with van der Waals surface area (Å²) < 4.78 is 11.3. The van der Waals surface area contributed by atoms with Gasteiger partial charge in [0.2, 0.25) is 5.91 Å². The van der Waals surface area contributed by atoms with Gasteiger partial charge in [-0.05, 0) is 61.0 Å². The van der Waals surface area contributed by atoms with Crippen molar-refractivity contribution in [1.29, 1.82) is 0 Å². The number of rotatable bonds is 13. The number of hydrogen-bond acceptors (Lipinski definition) is 6. The molecule has 0 aromatic heterocycles. The summed E-state index contributed by atoms with van der Waals surface area (Å²) in [6, 6.07) is 18.3. The molecule has 0 spiro atoms. The molecule has 3 aromatic carbocycles. The quantitative estimate of drug-likeness (QED) is 0.267. The summed E-state index contributed by atoms with van der Waals surface area (Å²) in [5.74, 6) is -0.318. The number of carbonyl (C=O) groups is 2. The molecule has 0 radical (unpaired) electrons. The topological polar surface area (TPSA) is 93.9 Å². The Labute approximate surface area is 213 Å². The van der Waals surface area contributed by atoms with Gasteiger partial charge in [0.05, 0.1) is 23.9 Å². The second-order valence-electron chi connectivity index (χ2n) is 8.93. The molecule has 0 saturated heterocycles. The summed E-state index contributed by atoms with van der Waals surface area (Å²) in [5.41, 5.74) is 8.09. The van der Waals surface area contributed by atoms with Gasteiger partial charge in [-0.25, -0.2) is 4.79 Å². The fraction of sp³-hybridized carbons (Fsp3) is 0.379. The molecule has 1 atom stereocenters. The monoisotopic (exact) mass is 491 g/mol. The van der Waals surface area contributed by atoms with Crippen LogP contribution in [0.15, 0.2) is 60.7 Å². The zero-order chi connectivity index (χ0) is 25.9. The molecule has 0 saturated carbocycles. The number of nitrogens with zero attached hydrogens (tertiary/aromatic N) is 1. The summed E-state index contributed by atoms with van der Waals surface area (Å²) in [7, 11) is 1.97. The summed E-state index contributed by atoms with van der Waals surface area (Å²) in [6.45, 7) is 6.43. The van der Waals surface area contributed by atoms with Crippen LogP contribution in [-0.4, -0.2) is 56.2 Å². The zero-order valence-electron chi connectivity index (χ0n) is 21.5. The largest absolute Gasteiger partial charge is 0.491 e. The number of unbranched alkanes of at least 4 members (excludes halogenated alkanes) is 1. The van der Waals surface area contributed by atoms with Crippen LogP contribution in [0.5, 0.6) is 5.75 Å². The number of likely N-dealkylation sites (N-methyl/N-ethyl adjacent to an activating group) is 1. The molecule has 0 aliphatic rings. The standard InChI is InChI=1S/C29H37N3O4/c1-4-6-16-35-27-20-24(29(34)36-17-15-32(3)5-2)13-14-26(27)31-28(33)25(30)19-21-11-12-22-9-7-8-10-23(22)18-21/h7-14,18,20,25H,4-6,15-17,19,30H2,1-3H3,(H,31,33)/t25-/m1/s1. The van der Waals surface area contributed by atoms with Gasteiger partial charge in [-0.2, -0.15) is 0 Å². The number of amides is 1. The average Bonchev–Trinajstić information content (AvgIpc) is 2.89. The molecule has 0 fully saturated rings. The van der Waals surface area contributed by atoms with Crippen LogP contribution in [0.25, 0.3) is 10.8 Å². The fourth-order valence-electron chi connectivity index (χ4n) is 3.67. The van der Waals surface area contributed by atoms with Crippen LogP contribution in [0.4, 0.5) is 5.69 Å². The minimum absolute atomic E-state index is 0.303. The molecule has 7 nitrogen and oxygen atoms in total. The number of anilines is 1. The number of nitrogens with one attached hydrogen (secondary N) is 1. The van der Waals surface area contributed by atoms with E-state index in [0.29, 0.717) is 43.2 Å². The molecule has 3 aromatic rings. The molecule has 0 aliphatic heterocycles. The number of fused-ring (bicyclic) bond motifs is 1. The molecular formula is C29H37N3O4. The number of esters is 1. The van der Waals surface area contributed by atoms with E-state index in [9.17, 15) is 9.59 Å². The first-order valence-corrected chi connectivity index (χ1v) is 12.6. The third kappa shape index (κ3) is 7.80. The van der Waals surface area contributed by atoms with Gasteiger partial charge in [-0.15, -0.1) is 0 Å². The van der Waals surface area contributed by atoms with Gasteiger partial charge in [0.25, 0.3) is 0 Å². The highest BCUT2D eigenvalue weighted by molar-refractivity contribution is 5.97. The summed E-state index contributed by atoms with van der Waals surface area (Å²) in [5, 5.41) is 5.13. The SMILES string of the molecule is CCCCOc1cc(C(=O)OCCN(C)CC)ccc1NC(=O)[C@H](N)Cc1ccc2ccccc2c1. The summed E-state index contributed by atoms with van der Waals surface area (Å²) in [4.78, 5) is 27.5. The first-order valence-electron chi connectivity index (χ1n) is 12.6. The lowest BCUT2D eigenvalue weighted by Crippen LogP contribution is -2.37. The number of nitrogens with two attached hydrogens (primary N) is 1. The molecule has 0 aliphatic carbocycles. The van der Waals surface area contributed by atoms with Crippen LogP contribution in [-0.2, 0) is 16.0 Å². The molecular weight excluding hydrogens is 454 g/mol. The minimum Gasteiger partial charge on any atom is -0.491 e. The van der Waals surface area contributed by atoms with Gasteiger partial charge in [-0.3, -0.25) is 4.79 Å². The van der Waals surface area contributed by atoms with Gasteiger partial charge in [0.1, 0.15) is 12.4 Å². The molecule has 7 heteroatoms. The van der Waals surface area contributed by atoms with E-state index in [1.807, 2.05) is 44.3 Å². The van der Waals surface area contributed by atoms with Gasteiger partial charge < -0.3 is 25.4 Å². The van der Waals surface area contributed by atoms with Crippen LogP contribution < -0.4 is 15.8 Å². The molecule has 0 heterocycles. The van der Waals surface area contributed by atoms with Crippen molar-refractivity contribution in [1.82, 2.24) is 4.90 Å². The van der Waals surface area contributed by atoms with Crippen LogP contribution in [0.3, 0.4) is 0 Å². The van der Waals surface area contributed by atoms with Crippen molar-refractivity contribution in [2.24, 2.45) is 5.73 Å². The van der Waals surface area contributed by atoms with E-state index in [4.69, 9.17) is 15.2 Å². The molecule has 36 heavy (non-hydrogen) atoms. The van der Waals surface area contributed by atoms with Gasteiger partial charge >= 0.3 is 5.97 Å². The maximum atomic E-state index is 12.9. The third-order valence-electron chi connectivity index (χ3n) is 6.08. The molecule has 0 bridgehead atoms. The van der Waals surface area contributed by atoms with Crippen LogP contribution in [0.2, 0.25) is 0 Å². The van der Waals surface area contributed by atoms with Crippen LogP contribution in [0, 0.1) is 0 Å². The van der Waals surface area contributed by atoms with E-state index in [1.165, 1.54) is 0 Å². The van der Waals surface area contributed by atoms with E-state index in [-0.39, 0.29) is 5.91 Å². The molecule has 192 valence electrons. The Bertz CT molecular complexity index is 1160. The van der Waals surface area contributed by atoms with Crippen molar-refractivity contribution in [2.75, 3.05) is 38.7 Å². The highest BCUT2D eigenvalue weighted by Gasteiger charge is 2.18. The van der Waals surface area contributed by atoms with Crippen LogP contribution in [0.1, 0.15) is 42.6 Å². The molecule has 0 unspecified atom stereocenters. The lowest BCUT2D eigenvalue weighted by molar-refractivity contribution is -0.117. The highest BCUT2D eigenvalue weighted by Crippen LogP contribution is 2.27. The summed E-state index contributed by atoms with van der Waals surface area (Å²) >= 11 is 0. The predicted octanol–water partition coefficient (Wildman–Crippen LogP) is 4.64. The van der Waals surface area contributed by atoms with E-state index >= 15 is 0 Å². The van der Waals surface area contributed by atoms with Crippen molar-refractivity contribution in [3.8, 4) is 5.75 Å². The second-order valence-corrected chi connectivity index (χ2v) is 8.93. The Hall–Kier alpha value is -3.42. The Morgan fingerprint density at radius 1 is 1.00 bits per heavy atom. The molecule has 1 amide bonds. The first kappa shape index (κ1) is 27.2. The molecule has 3 N–H and O–H groups in total. The lowest BCUT2D eigenvalue weighted by atomic mass is 10.0. The van der Waals surface area contributed by atoms with Crippen molar-refractivity contribution in [3.63, 3.8) is 0 Å². The van der Waals surface area contributed by atoms with E-state index in [1.54, 1.807) is 18.2 Å². The Balaban J connectivity index is 1.68. The maximum absolute atomic E-state index is 12.9. The molecule has 3 rings (SSSR count). The fourth-order valence-corrected chi connectivity index (χ4v) is 3.67. The van der Waals surface area contributed by atoms with E-state index in [0.717, 1.165) is 35.7 Å². The Morgan fingerprint density at radius 2 is 1.78 bits per heavy atom. The van der Waals surface area contributed by atoms with Gasteiger partial charge in [-0.1, -0.05) is 62.7 Å². The van der Waals surface area contributed by atoms with Crippen molar-refractivity contribution >= 4 is 28.3 Å². The smallest absolute Gasteiger partial charge is 0.338 e. The normalized spacial score (nSPS) is 11.9. The third-order valence-corrected chi connectivity index (χ3v) is 6.08. The van der Waals surface area contributed by atoms with Gasteiger partial charge in [0, 0.05) is 6.54 Å². The predicted molar refractivity (Wildman–Crippen MR) is 145 cm³/mol. The zero-order valence-corrected chi connectivity index (χ0v) is 21.5. The number of ether oxygens (including phenoxy) is 2. The van der Waals surface area contributed by atoms with E-state index < -0.39 is 12.0 Å². The van der Waals surface area contributed by atoms with Crippen LogP contribution >= 0.6 is 0 Å². The van der Waals surface area contributed by atoms with Crippen molar-refractivity contribution in [2.45, 2.75) is 39.2 Å².